The van der Waals surface area contributed by atoms with Gasteiger partial charge in [0.2, 0.25) is 0 Å². The summed E-state index contributed by atoms with van der Waals surface area (Å²) in [4.78, 5) is 29.2. The van der Waals surface area contributed by atoms with Crippen molar-refractivity contribution < 1.29 is 9.53 Å². The molecule has 2 aromatic rings. The number of likely N-dealkylation sites (N-methyl/N-ethyl adjacent to an activating group) is 1. The minimum Gasteiger partial charge on any atom is -0.453 e. The van der Waals surface area contributed by atoms with Crippen LogP contribution in [0.2, 0.25) is 0 Å². The molecule has 2 fully saturated rings. The van der Waals surface area contributed by atoms with Gasteiger partial charge in [0.05, 0.1) is 0 Å². The molecule has 0 radical (unpaired) electrons. The second-order valence-corrected chi connectivity index (χ2v) is 7.68. The summed E-state index contributed by atoms with van der Waals surface area (Å²) in [5.74, 6) is 1.72. The molecule has 160 valence electrons. The number of piperazine rings is 2. The van der Waals surface area contributed by atoms with E-state index in [4.69, 9.17) is 4.74 Å². The molecule has 0 bridgehead atoms. The fraction of sp³-hybridized carbons (Fsp3) is 0.550. The Balaban J connectivity index is 1.25. The molecule has 0 aliphatic carbocycles. The van der Waals surface area contributed by atoms with Gasteiger partial charge in [-0.05, 0) is 32.2 Å². The highest BCUT2D eigenvalue weighted by molar-refractivity contribution is 5.78. The van der Waals surface area contributed by atoms with Gasteiger partial charge in [0, 0.05) is 64.2 Å². The highest BCUT2D eigenvalue weighted by Gasteiger charge is 2.23. The third-order valence-electron chi connectivity index (χ3n) is 5.52. The zero-order valence-electron chi connectivity index (χ0n) is 17.6. The van der Waals surface area contributed by atoms with Crippen LogP contribution in [0.15, 0.2) is 24.4 Å². The molecule has 0 saturated carbocycles. The number of ether oxygens (including phenoxy) is 1. The Morgan fingerprint density at radius 1 is 0.933 bits per heavy atom. The second-order valence-electron chi connectivity index (χ2n) is 7.68. The average Bonchev–Trinajstić information content (AvgIpc) is 2.78. The molecule has 0 spiro atoms. The number of rotatable bonds is 5. The van der Waals surface area contributed by atoms with Gasteiger partial charge in [-0.2, -0.15) is 0 Å². The normalized spacial score (nSPS) is 17.9. The van der Waals surface area contributed by atoms with E-state index < -0.39 is 0 Å². The van der Waals surface area contributed by atoms with Crippen molar-refractivity contribution in [3.63, 3.8) is 0 Å². The standard InChI is InChI=1S/C20H28N8O2/c1-16-5-6-21-20(22-16)30-15-19(29)28-13-11-27(12-14-28)18-4-3-17(23-24-18)26-9-7-25(2)8-10-26/h3-6H,7-15H2,1-2H3. The van der Waals surface area contributed by atoms with Crippen LogP contribution in [-0.4, -0.2) is 102 Å². The number of nitrogens with zero attached hydrogens (tertiary/aromatic N) is 8. The summed E-state index contributed by atoms with van der Waals surface area (Å²) in [6.45, 7) is 8.52. The molecule has 2 aliphatic heterocycles. The molecular weight excluding hydrogens is 384 g/mol. The summed E-state index contributed by atoms with van der Waals surface area (Å²) in [5, 5.41) is 8.85. The molecule has 30 heavy (non-hydrogen) atoms. The van der Waals surface area contributed by atoms with E-state index in [1.807, 2.05) is 19.1 Å². The summed E-state index contributed by atoms with van der Waals surface area (Å²) in [6, 6.07) is 6.09. The number of hydrogen-bond donors (Lipinski definition) is 0. The maximum atomic E-state index is 12.4. The Morgan fingerprint density at radius 2 is 1.53 bits per heavy atom. The lowest BCUT2D eigenvalue weighted by Crippen LogP contribution is -2.50. The van der Waals surface area contributed by atoms with Gasteiger partial charge in [0.25, 0.3) is 5.91 Å². The highest BCUT2D eigenvalue weighted by Crippen LogP contribution is 2.17. The van der Waals surface area contributed by atoms with Gasteiger partial charge in [-0.3, -0.25) is 4.79 Å². The van der Waals surface area contributed by atoms with Crippen molar-refractivity contribution in [2.24, 2.45) is 0 Å². The second kappa shape index (κ2) is 9.21. The van der Waals surface area contributed by atoms with Crippen molar-refractivity contribution in [2.45, 2.75) is 6.92 Å². The van der Waals surface area contributed by atoms with E-state index in [-0.39, 0.29) is 18.5 Å². The summed E-state index contributed by atoms with van der Waals surface area (Å²) in [7, 11) is 2.14. The van der Waals surface area contributed by atoms with Crippen LogP contribution in [0, 0.1) is 6.92 Å². The van der Waals surface area contributed by atoms with E-state index in [0.29, 0.717) is 13.1 Å². The third-order valence-corrected chi connectivity index (χ3v) is 5.52. The number of aryl methyl sites for hydroxylation is 1. The van der Waals surface area contributed by atoms with Crippen molar-refractivity contribution >= 4 is 17.5 Å². The Bertz CT molecular complexity index is 846. The molecule has 10 heteroatoms. The van der Waals surface area contributed by atoms with Crippen LogP contribution >= 0.6 is 0 Å². The van der Waals surface area contributed by atoms with Crippen LogP contribution in [0.5, 0.6) is 6.01 Å². The molecule has 4 heterocycles. The molecule has 0 unspecified atom stereocenters. The van der Waals surface area contributed by atoms with Crippen LogP contribution < -0.4 is 14.5 Å². The van der Waals surface area contributed by atoms with Gasteiger partial charge in [-0.25, -0.2) is 9.97 Å². The molecule has 2 aromatic heterocycles. The highest BCUT2D eigenvalue weighted by atomic mass is 16.5. The molecule has 0 atom stereocenters. The average molecular weight is 412 g/mol. The van der Waals surface area contributed by atoms with Crippen LogP contribution in [0.1, 0.15) is 5.69 Å². The van der Waals surface area contributed by atoms with E-state index >= 15 is 0 Å². The lowest BCUT2D eigenvalue weighted by molar-refractivity contribution is -0.133. The van der Waals surface area contributed by atoms with E-state index in [0.717, 1.165) is 56.6 Å². The quantitative estimate of drug-likeness (QED) is 0.676. The summed E-state index contributed by atoms with van der Waals surface area (Å²) >= 11 is 0. The van der Waals surface area contributed by atoms with Gasteiger partial charge in [0.1, 0.15) is 0 Å². The van der Waals surface area contributed by atoms with Crippen molar-refractivity contribution in [2.75, 3.05) is 75.8 Å². The molecule has 0 aromatic carbocycles. The van der Waals surface area contributed by atoms with Gasteiger partial charge in [0.15, 0.2) is 18.2 Å². The van der Waals surface area contributed by atoms with Gasteiger partial charge < -0.3 is 24.3 Å². The summed E-state index contributed by atoms with van der Waals surface area (Å²) in [5.41, 5.74) is 0.806. The largest absolute Gasteiger partial charge is 0.453 e. The monoisotopic (exact) mass is 412 g/mol. The van der Waals surface area contributed by atoms with Gasteiger partial charge >= 0.3 is 6.01 Å². The van der Waals surface area contributed by atoms with Crippen molar-refractivity contribution in [3.8, 4) is 6.01 Å². The molecule has 4 rings (SSSR count). The minimum atomic E-state index is -0.0590. The smallest absolute Gasteiger partial charge is 0.317 e. The molecule has 10 nitrogen and oxygen atoms in total. The van der Waals surface area contributed by atoms with Crippen molar-refractivity contribution in [1.82, 2.24) is 30.0 Å². The van der Waals surface area contributed by atoms with Crippen LogP contribution in [-0.2, 0) is 4.79 Å². The third kappa shape index (κ3) is 4.93. The number of carbonyl (C=O) groups excluding carboxylic acids is 1. The van der Waals surface area contributed by atoms with Gasteiger partial charge in [-0.15, -0.1) is 10.2 Å². The van der Waals surface area contributed by atoms with Crippen LogP contribution in [0.25, 0.3) is 0 Å². The number of hydrogen-bond acceptors (Lipinski definition) is 9. The Hall–Kier alpha value is -3.01. The summed E-state index contributed by atoms with van der Waals surface area (Å²) < 4.78 is 5.43. The maximum absolute atomic E-state index is 12.4. The van der Waals surface area contributed by atoms with E-state index in [2.05, 4.69) is 41.9 Å². The van der Waals surface area contributed by atoms with Crippen molar-refractivity contribution in [1.29, 1.82) is 0 Å². The van der Waals surface area contributed by atoms with Crippen LogP contribution in [0.4, 0.5) is 11.6 Å². The lowest BCUT2D eigenvalue weighted by atomic mass is 10.3. The maximum Gasteiger partial charge on any atom is 0.317 e. The fourth-order valence-electron chi connectivity index (χ4n) is 3.59. The van der Waals surface area contributed by atoms with Crippen LogP contribution in [0.3, 0.4) is 0 Å². The predicted octanol–water partition coefficient (Wildman–Crippen LogP) is 0.0544. The van der Waals surface area contributed by atoms with E-state index in [1.54, 1.807) is 17.2 Å². The molecule has 0 N–H and O–H groups in total. The first-order chi connectivity index (χ1) is 14.6. The number of aromatic nitrogens is 4. The van der Waals surface area contributed by atoms with Crippen molar-refractivity contribution in [3.05, 3.63) is 30.1 Å². The number of anilines is 2. The molecule has 2 aliphatic rings. The molecule has 2 saturated heterocycles. The fourth-order valence-corrected chi connectivity index (χ4v) is 3.59. The Kier molecular flexibility index (Phi) is 6.22. The summed E-state index contributed by atoms with van der Waals surface area (Å²) in [6.07, 6.45) is 1.62. The number of carbonyl (C=O) groups is 1. The SMILES string of the molecule is Cc1ccnc(OCC(=O)N2CCN(c3ccc(N4CCN(C)CC4)nn3)CC2)n1. The first-order valence-corrected chi connectivity index (χ1v) is 10.3. The topological polar surface area (TPSA) is 90.8 Å². The Morgan fingerprint density at radius 3 is 2.10 bits per heavy atom. The lowest BCUT2D eigenvalue weighted by Gasteiger charge is -2.35. The minimum absolute atomic E-state index is 0.0526. The first-order valence-electron chi connectivity index (χ1n) is 10.3. The predicted molar refractivity (Wildman–Crippen MR) is 113 cm³/mol. The van der Waals surface area contributed by atoms with Gasteiger partial charge in [-0.1, -0.05) is 0 Å². The number of amides is 1. The zero-order chi connectivity index (χ0) is 20.9. The zero-order valence-corrected chi connectivity index (χ0v) is 17.6. The molecule has 1 amide bonds. The Labute approximate surface area is 176 Å². The van der Waals surface area contributed by atoms with E-state index in [1.165, 1.54) is 0 Å². The first kappa shape index (κ1) is 20.3. The van der Waals surface area contributed by atoms with E-state index in [9.17, 15) is 4.79 Å². The molecular formula is C20H28N8O2.